The van der Waals surface area contributed by atoms with Crippen molar-refractivity contribution < 1.29 is 0 Å². The van der Waals surface area contributed by atoms with Crippen LogP contribution in [-0.4, -0.2) is 23.7 Å². The van der Waals surface area contributed by atoms with Crippen molar-refractivity contribution in [1.82, 2.24) is 4.90 Å². The molecule has 4 rings (SSSR count). The molecule has 1 heterocycles. The lowest BCUT2D eigenvalue weighted by Gasteiger charge is -2.32. The zero-order valence-corrected chi connectivity index (χ0v) is 17.3. The summed E-state index contributed by atoms with van der Waals surface area (Å²) in [5.74, 6) is 1.18. The summed E-state index contributed by atoms with van der Waals surface area (Å²) in [5, 5.41) is 1.99. The first-order chi connectivity index (χ1) is 13.2. The molecule has 1 atom stereocenters. The average molecular weight is 414 g/mol. The number of hydrogen-bond acceptors (Lipinski definition) is 2. The molecule has 0 amide bonds. The van der Waals surface area contributed by atoms with Gasteiger partial charge in [-0.1, -0.05) is 77.8 Å². The molecule has 0 radical (unpaired) electrons. The second kappa shape index (κ2) is 8.70. The van der Waals surface area contributed by atoms with Gasteiger partial charge >= 0.3 is 0 Å². The van der Waals surface area contributed by atoms with Crippen LogP contribution in [0.2, 0.25) is 10.0 Å². The van der Waals surface area contributed by atoms with Gasteiger partial charge in [0.15, 0.2) is 0 Å². The molecule has 1 aliphatic rings. The molecule has 0 aliphatic carbocycles. The van der Waals surface area contributed by atoms with E-state index in [2.05, 4.69) is 71.3 Å². The van der Waals surface area contributed by atoms with Gasteiger partial charge in [-0.05, 0) is 34.9 Å². The average Bonchev–Trinajstić information content (AvgIpc) is 2.71. The summed E-state index contributed by atoms with van der Waals surface area (Å²) in [7, 11) is 0. The number of halogens is 2. The molecule has 0 aromatic heterocycles. The van der Waals surface area contributed by atoms with Gasteiger partial charge in [-0.3, -0.25) is 4.90 Å². The van der Waals surface area contributed by atoms with Crippen molar-refractivity contribution in [2.45, 2.75) is 11.8 Å². The fourth-order valence-corrected chi connectivity index (χ4v) is 5.19. The summed E-state index contributed by atoms with van der Waals surface area (Å²) in [6, 6.07) is 25.1. The minimum atomic E-state index is 0.560. The maximum absolute atomic E-state index is 6.33. The molecule has 0 saturated carbocycles. The number of hydrogen-bond donors (Lipinski definition) is 0. The summed E-state index contributed by atoms with van der Waals surface area (Å²) in [6.45, 7) is 3.21. The van der Waals surface area contributed by atoms with Crippen molar-refractivity contribution in [2.24, 2.45) is 0 Å². The van der Waals surface area contributed by atoms with Crippen molar-refractivity contribution in [3.8, 4) is 11.1 Å². The van der Waals surface area contributed by atoms with E-state index in [1.165, 1.54) is 16.9 Å². The van der Waals surface area contributed by atoms with E-state index in [4.69, 9.17) is 23.2 Å². The van der Waals surface area contributed by atoms with Gasteiger partial charge in [0, 0.05) is 46.2 Å². The Balaban J connectivity index is 1.44. The Morgan fingerprint density at radius 2 is 1.70 bits per heavy atom. The van der Waals surface area contributed by atoms with Crippen LogP contribution >= 0.6 is 35.0 Å². The second-order valence-corrected chi connectivity index (χ2v) is 8.98. The molecule has 0 spiro atoms. The van der Waals surface area contributed by atoms with Crippen LogP contribution in [0.1, 0.15) is 16.4 Å². The smallest absolute Gasteiger partial charge is 0.0485 e. The number of benzene rings is 3. The molecule has 27 heavy (non-hydrogen) atoms. The number of thioether (sulfide) groups is 1. The predicted molar refractivity (Wildman–Crippen MR) is 119 cm³/mol. The van der Waals surface area contributed by atoms with Gasteiger partial charge in [0.2, 0.25) is 0 Å². The molecule has 4 heteroatoms. The molecule has 1 nitrogen and oxygen atoms in total. The summed E-state index contributed by atoms with van der Waals surface area (Å²) in [5.41, 5.74) is 4.84. The Bertz CT molecular complexity index is 896. The van der Waals surface area contributed by atoms with Gasteiger partial charge in [0.1, 0.15) is 0 Å². The lowest BCUT2D eigenvalue weighted by Crippen LogP contribution is -2.33. The van der Waals surface area contributed by atoms with Crippen LogP contribution in [0.3, 0.4) is 0 Å². The van der Waals surface area contributed by atoms with Crippen LogP contribution in [-0.2, 0) is 6.54 Å². The summed E-state index contributed by atoms with van der Waals surface area (Å²) < 4.78 is 0. The predicted octanol–water partition coefficient (Wildman–Crippen LogP) is 6.95. The topological polar surface area (TPSA) is 3.24 Å². The highest BCUT2D eigenvalue weighted by molar-refractivity contribution is 7.99. The SMILES string of the molecule is Clc1ccc(Cl)c(-c2ccc(CN3CCSC(c4ccccc4)C3)cc2)c1. The molecule has 1 aliphatic heterocycles. The molecule has 138 valence electrons. The monoisotopic (exact) mass is 413 g/mol. The summed E-state index contributed by atoms with van der Waals surface area (Å²) in [6.07, 6.45) is 0. The third kappa shape index (κ3) is 4.70. The van der Waals surface area contributed by atoms with Gasteiger partial charge in [-0.25, -0.2) is 0 Å². The first kappa shape index (κ1) is 18.9. The van der Waals surface area contributed by atoms with Gasteiger partial charge in [-0.2, -0.15) is 11.8 Å². The van der Waals surface area contributed by atoms with Crippen molar-refractivity contribution in [2.75, 3.05) is 18.8 Å². The van der Waals surface area contributed by atoms with Crippen molar-refractivity contribution in [3.05, 3.63) is 94.0 Å². The molecule has 0 bridgehead atoms. The standard InChI is InChI=1S/C23H21Cl2NS/c24-20-10-11-22(25)21(14-20)18-8-6-17(7-9-18)15-26-12-13-27-23(16-26)19-4-2-1-3-5-19/h1-11,14,23H,12-13,15-16H2. The Labute approximate surface area is 175 Å². The molecular weight excluding hydrogens is 393 g/mol. The Morgan fingerprint density at radius 3 is 2.48 bits per heavy atom. The Morgan fingerprint density at radius 1 is 0.926 bits per heavy atom. The van der Waals surface area contributed by atoms with E-state index in [-0.39, 0.29) is 0 Å². The number of rotatable bonds is 4. The minimum absolute atomic E-state index is 0.560. The molecule has 3 aromatic rings. The van der Waals surface area contributed by atoms with E-state index < -0.39 is 0 Å². The van der Waals surface area contributed by atoms with Crippen LogP contribution in [0.4, 0.5) is 0 Å². The van der Waals surface area contributed by atoms with Gasteiger partial charge < -0.3 is 0 Å². The third-order valence-corrected chi connectivity index (χ3v) is 6.73. The van der Waals surface area contributed by atoms with E-state index in [9.17, 15) is 0 Å². The summed E-state index contributed by atoms with van der Waals surface area (Å²) >= 11 is 14.5. The molecule has 3 aromatic carbocycles. The molecule has 0 N–H and O–H groups in total. The largest absolute Gasteiger partial charge is 0.297 e. The Hall–Kier alpha value is -1.45. The van der Waals surface area contributed by atoms with Gasteiger partial charge in [0.25, 0.3) is 0 Å². The first-order valence-electron chi connectivity index (χ1n) is 9.12. The highest BCUT2D eigenvalue weighted by Crippen LogP contribution is 2.34. The van der Waals surface area contributed by atoms with E-state index in [1.807, 2.05) is 18.2 Å². The second-order valence-electron chi connectivity index (χ2n) is 6.83. The van der Waals surface area contributed by atoms with Crippen LogP contribution < -0.4 is 0 Å². The van der Waals surface area contributed by atoms with E-state index >= 15 is 0 Å². The zero-order valence-electron chi connectivity index (χ0n) is 14.9. The maximum atomic E-state index is 6.33. The fourth-order valence-electron chi connectivity index (χ4n) is 3.48. The fraction of sp³-hybridized carbons (Fsp3) is 0.217. The number of nitrogens with zero attached hydrogens (tertiary/aromatic N) is 1. The van der Waals surface area contributed by atoms with Crippen LogP contribution in [0.15, 0.2) is 72.8 Å². The van der Waals surface area contributed by atoms with E-state index in [0.717, 1.165) is 35.8 Å². The van der Waals surface area contributed by atoms with Crippen LogP contribution in [0, 0.1) is 0 Å². The van der Waals surface area contributed by atoms with Crippen molar-refractivity contribution >= 4 is 35.0 Å². The maximum Gasteiger partial charge on any atom is 0.0485 e. The van der Waals surface area contributed by atoms with E-state index in [0.29, 0.717) is 10.3 Å². The molecule has 1 fully saturated rings. The lowest BCUT2D eigenvalue weighted by atomic mass is 10.0. The van der Waals surface area contributed by atoms with Crippen LogP contribution in [0.25, 0.3) is 11.1 Å². The van der Waals surface area contributed by atoms with Gasteiger partial charge in [0.05, 0.1) is 0 Å². The van der Waals surface area contributed by atoms with Crippen LogP contribution in [0.5, 0.6) is 0 Å². The minimum Gasteiger partial charge on any atom is -0.297 e. The van der Waals surface area contributed by atoms with Crippen molar-refractivity contribution in [3.63, 3.8) is 0 Å². The Kier molecular flexibility index (Phi) is 6.09. The summed E-state index contributed by atoms with van der Waals surface area (Å²) in [4.78, 5) is 2.55. The molecule has 1 unspecified atom stereocenters. The molecule has 1 saturated heterocycles. The molecular formula is C23H21Cl2NS. The van der Waals surface area contributed by atoms with Crippen molar-refractivity contribution in [1.29, 1.82) is 0 Å². The zero-order chi connectivity index (χ0) is 18.6. The third-order valence-electron chi connectivity index (χ3n) is 4.92. The highest BCUT2D eigenvalue weighted by atomic mass is 35.5. The van der Waals surface area contributed by atoms with Gasteiger partial charge in [-0.15, -0.1) is 0 Å². The lowest BCUT2D eigenvalue weighted by molar-refractivity contribution is 0.275. The van der Waals surface area contributed by atoms with E-state index in [1.54, 1.807) is 0 Å². The quantitative estimate of drug-likeness (QED) is 0.454. The normalized spacial score (nSPS) is 17.8. The first-order valence-corrected chi connectivity index (χ1v) is 10.9. The highest BCUT2D eigenvalue weighted by Gasteiger charge is 2.21.